The normalized spacial score (nSPS) is 31.8. The number of cyclic esters (lactones) is 1. The molecule has 1 N–H and O–H groups in total. The summed E-state index contributed by atoms with van der Waals surface area (Å²) in [5.74, 6) is 0. The molecule has 0 radical (unpaired) electrons. The van der Waals surface area contributed by atoms with E-state index in [0.29, 0.717) is 18.7 Å². The number of amides is 1. The smallest absolute Gasteiger partial charge is 0.410 e. The Bertz CT molecular complexity index is 225. The lowest BCUT2D eigenvalue weighted by molar-refractivity contribution is 0.135. The van der Waals surface area contributed by atoms with Gasteiger partial charge in [0.2, 0.25) is 0 Å². The molecule has 0 spiro atoms. The van der Waals surface area contributed by atoms with Gasteiger partial charge in [-0.1, -0.05) is 6.92 Å². The number of carbonyl (C=O) groups is 1. The molecular formula is C11H20N2O2. The van der Waals surface area contributed by atoms with Crippen LogP contribution in [-0.2, 0) is 4.74 Å². The van der Waals surface area contributed by atoms with Crippen molar-refractivity contribution in [3.8, 4) is 0 Å². The molecule has 86 valence electrons. The number of rotatable bonds is 3. The third kappa shape index (κ3) is 2.43. The van der Waals surface area contributed by atoms with Crippen molar-refractivity contribution in [3.63, 3.8) is 0 Å². The summed E-state index contributed by atoms with van der Waals surface area (Å²) in [5.41, 5.74) is 0. The number of nitrogens with one attached hydrogen (secondary N) is 1. The minimum absolute atomic E-state index is 0.109. The first-order valence-electron chi connectivity index (χ1n) is 5.98. The average Bonchev–Trinajstić information content (AvgIpc) is 2.66. The van der Waals surface area contributed by atoms with Gasteiger partial charge in [0.25, 0.3) is 0 Å². The van der Waals surface area contributed by atoms with Crippen LogP contribution in [0, 0.1) is 0 Å². The highest BCUT2D eigenvalue weighted by molar-refractivity contribution is 5.69. The molecule has 1 saturated heterocycles. The van der Waals surface area contributed by atoms with Crippen molar-refractivity contribution < 1.29 is 9.53 Å². The van der Waals surface area contributed by atoms with Gasteiger partial charge < -0.3 is 15.0 Å². The zero-order valence-electron chi connectivity index (χ0n) is 9.37. The van der Waals surface area contributed by atoms with E-state index in [1.54, 1.807) is 0 Å². The van der Waals surface area contributed by atoms with E-state index in [0.717, 1.165) is 25.9 Å². The van der Waals surface area contributed by atoms with Gasteiger partial charge in [-0.3, -0.25) is 0 Å². The largest absolute Gasteiger partial charge is 0.448 e. The van der Waals surface area contributed by atoms with E-state index >= 15 is 0 Å². The van der Waals surface area contributed by atoms with Crippen molar-refractivity contribution in [2.75, 3.05) is 19.7 Å². The predicted molar refractivity (Wildman–Crippen MR) is 57.8 cm³/mol. The van der Waals surface area contributed by atoms with Gasteiger partial charge in [-0.25, -0.2) is 4.79 Å². The van der Waals surface area contributed by atoms with E-state index in [-0.39, 0.29) is 6.09 Å². The summed E-state index contributed by atoms with van der Waals surface area (Å²) in [5, 5.41) is 3.47. The van der Waals surface area contributed by atoms with Crippen molar-refractivity contribution in [3.05, 3.63) is 0 Å². The second-order valence-electron chi connectivity index (χ2n) is 4.37. The second-order valence-corrected chi connectivity index (χ2v) is 4.37. The maximum absolute atomic E-state index is 11.4. The Labute approximate surface area is 91.0 Å². The molecule has 4 nitrogen and oxygen atoms in total. The number of hydrogen-bond acceptors (Lipinski definition) is 3. The van der Waals surface area contributed by atoms with Crippen LogP contribution in [0.2, 0.25) is 0 Å². The summed E-state index contributed by atoms with van der Waals surface area (Å²) in [4.78, 5) is 13.3. The van der Waals surface area contributed by atoms with E-state index in [2.05, 4.69) is 12.2 Å². The number of nitrogens with zero attached hydrogens (tertiary/aromatic N) is 1. The molecule has 2 fully saturated rings. The fraction of sp³-hybridized carbons (Fsp3) is 0.909. The Hall–Kier alpha value is -0.770. The zero-order valence-corrected chi connectivity index (χ0v) is 9.37. The lowest BCUT2D eigenvalue weighted by Crippen LogP contribution is -2.42. The van der Waals surface area contributed by atoms with Gasteiger partial charge in [0.05, 0.1) is 6.54 Å². The van der Waals surface area contributed by atoms with Crippen molar-refractivity contribution in [2.45, 2.75) is 44.7 Å². The highest BCUT2D eigenvalue weighted by atomic mass is 16.6. The van der Waals surface area contributed by atoms with Gasteiger partial charge in [-0.05, 0) is 32.2 Å². The predicted octanol–water partition coefficient (Wildman–Crippen LogP) is 1.36. The summed E-state index contributed by atoms with van der Waals surface area (Å²) in [6.45, 7) is 4.55. The molecule has 1 aliphatic heterocycles. The van der Waals surface area contributed by atoms with Crippen LogP contribution in [0.3, 0.4) is 0 Å². The first kappa shape index (κ1) is 10.7. The molecule has 0 atom stereocenters. The summed E-state index contributed by atoms with van der Waals surface area (Å²) >= 11 is 0. The molecular weight excluding hydrogens is 192 g/mol. The average molecular weight is 212 g/mol. The maximum atomic E-state index is 11.4. The molecule has 1 amide bonds. The van der Waals surface area contributed by atoms with Crippen LogP contribution in [0.4, 0.5) is 4.79 Å². The van der Waals surface area contributed by atoms with Gasteiger partial charge in [-0.15, -0.1) is 0 Å². The topological polar surface area (TPSA) is 41.6 Å². The Kier molecular flexibility index (Phi) is 3.46. The van der Waals surface area contributed by atoms with Crippen LogP contribution in [0.25, 0.3) is 0 Å². The summed E-state index contributed by atoms with van der Waals surface area (Å²) in [6, 6.07) is 1.08. The molecule has 1 saturated carbocycles. The Morgan fingerprint density at radius 3 is 2.67 bits per heavy atom. The van der Waals surface area contributed by atoms with Gasteiger partial charge in [0.1, 0.15) is 6.61 Å². The summed E-state index contributed by atoms with van der Waals surface area (Å²) in [6.07, 6.45) is 4.49. The molecule has 0 aromatic rings. The van der Waals surface area contributed by atoms with Crippen molar-refractivity contribution >= 4 is 6.09 Å². The molecule has 4 heteroatoms. The lowest BCUT2D eigenvalue weighted by Gasteiger charge is -2.33. The zero-order chi connectivity index (χ0) is 10.7. The highest BCUT2D eigenvalue weighted by Crippen LogP contribution is 2.25. The molecule has 0 aromatic heterocycles. The minimum Gasteiger partial charge on any atom is -0.448 e. The monoisotopic (exact) mass is 212 g/mol. The standard InChI is InChI=1S/C11H20N2O2/c1-2-12-9-3-5-10(6-4-9)13-7-8-15-11(13)14/h9-10,12H,2-8H2,1H3. The van der Waals surface area contributed by atoms with Crippen LogP contribution < -0.4 is 5.32 Å². The Balaban J connectivity index is 1.80. The number of carbonyl (C=O) groups excluding carboxylic acids is 1. The quantitative estimate of drug-likeness (QED) is 0.768. The molecule has 1 heterocycles. The lowest BCUT2D eigenvalue weighted by atomic mass is 9.90. The van der Waals surface area contributed by atoms with Crippen molar-refractivity contribution in [1.82, 2.24) is 10.2 Å². The molecule has 2 aliphatic rings. The van der Waals surface area contributed by atoms with Gasteiger partial charge in [-0.2, -0.15) is 0 Å². The van der Waals surface area contributed by atoms with Crippen molar-refractivity contribution in [2.24, 2.45) is 0 Å². The van der Waals surface area contributed by atoms with Gasteiger partial charge in [0, 0.05) is 12.1 Å². The molecule has 0 bridgehead atoms. The maximum Gasteiger partial charge on any atom is 0.410 e. The molecule has 2 rings (SSSR count). The molecule has 1 aliphatic carbocycles. The fourth-order valence-electron chi connectivity index (χ4n) is 2.62. The second kappa shape index (κ2) is 4.84. The number of ether oxygens (including phenoxy) is 1. The van der Waals surface area contributed by atoms with E-state index in [9.17, 15) is 4.79 Å². The fourth-order valence-corrected chi connectivity index (χ4v) is 2.62. The summed E-state index contributed by atoms with van der Waals surface area (Å²) < 4.78 is 4.96. The third-order valence-corrected chi connectivity index (χ3v) is 3.42. The van der Waals surface area contributed by atoms with E-state index in [1.807, 2.05) is 4.90 Å². The highest BCUT2D eigenvalue weighted by Gasteiger charge is 2.32. The van der Waals surface area contributed by atoms with Crippen LogP contribution in [0.15, 0.2) is 0 Å². The van der Waals surface area contributed by atoms with E-state index < -0.39 is 0 Å². The first-order chi connectivity index (χ1) is 7.31. The molecule has 0 unspecified atom stereocenters. The van der Waals surface area contributed by atoms with Gasteiger partial charge >= 0.3 is 6.09 Å². The van der Waals surface area contributed by atoms with E-state index in [1.165, 1.54) is 12.8 Å². The SMILES string of the molecule is CCNC1CCC(N2CCOC2=O)CC1. The Morgan fingerprint density at radius 1 is 1.40 bits per heavy atom. The first-order valence-corrected chi connectivity index (χ1v) is 5.98. The van der Waals surface area contributed by atoms with Gasteiger partial charge in [0.15, 0.2) is 0 Å². The Morgan fingerprint density at radius 2 is 2.13 bits per heavy atom. The van der Waals surface area contributed by atoms with Crippen LogP contribution in [0.5, 0.6) is 0 Å². The molecule has 15 heavy (non-hydrogen) atoms. The minimum atomic E-state index is -0.109. The number of hydrogen-bond donors (Lipinski definition) is 1. The third-order valence-electron chi connectivity index (χ3n) is 3.42. The summed E-state index contributed by atoms with van der Waals surface area (Å²) in [7, 11) is 0. The van der Waals surface area contributed by atoms with Crippen LogP contribution in [0.1, 0.15) is 32.6 Å². The van der Waals surface area contributed by atoms with E-state index in [4.69, 9.17) is 4.74 Å². The van der Waals surface area contributed by atoms with Crippen LogP contribution in [-0.4, -0.2) is 42.8 Å². The van der Waals surface area contributed by atoms with Crippen LogP contribution >= 0.6 is 0 Å². The molecule has 0 aromatic carbocycles. The van der Waals surface area contributed by atoms with Crippen molar-refractivity contribution in [1.29, 1.82) is 0 Å².